The van der Waals surface area contributed by atoms with Crippen molar-refractivity contribution in [2.24, 2.45) is 0 Å². The number of pyridine rings is 1. The number of likely N-dealkylation sites (tertiary alicyclic amines) is 1. The summed E-state index contributed by atoms with van der Waals surface area (Å²) in [5.74, 6) is 0.524. The van der Waals surface area contributed by atoms with Gasteiger partial charge < -0.3 is 14.8 Å². The highest BCUT2D eigenvalue weighted by Gasteiger charge is 2.28. The maximum absolute atomic E-state index is 12.7. The van der Waals surface area contributed by atoms with E-state index < -0.39 is 0 Å². The van der Waals surface area contributed by atoms with Crippen LogP contribution >= 0.6 is 0 Å². The van der Waals surface area contributed by atoms with Gasteiger partial charge in [0.2, 0.25) is 11.8 Å². The Bertz CT molecular complexity index is 853. The number of hydrogen-bond donors (Lipinski definition) is 1. The third-order valence-corrected chi connectivity index (χ3v) is 6.20. The SMILES string of the molecule is CCC(=O)N1CCCC(c2cc3cccnc3n2CC(=O)NC2CCCC2)C1. The van der Waals surface area contributed by atoms with Gasteiger partial charge in [-0.3, -0.25) is 9.59 Å². The summed E-state index contributed by atoms with van der Waals surface area (Å²) in [5, 5.41) is 4.26. The minimum Gasteiger partial charge on any atom is -0.352 e. The molecule has 2 aliphatic rings. The number of aromatic nitrogens is 2. The van der Waals surface area contributed by atoms with Crippen molar-refractivity contribution in [2.75, 3.05) is 13.1 Å². The number of rotatable bonds is 5. The molecule has 6 nitrogen and oxygen atoms in total. The van der Waals surface area contributed by atoms with Gasteiger partial charge in [0.15, 0.2) is 0 Å². The van der Waals surface area contributed by atoms with Crippen LogP contribution in [0.4, 0.5) is 0 Å². The predicted molar refractivity (Wildman–Crippen MR) is 109 cm³/mol. The fourth-order valence-electron chi connectivity index (χ4n) is 4.77. The Morgan fingerprint density at radius 2 is 2.04 bits per heavy atom. The highest BCUT2D eigenvalue weighted by molar-refractivity contribution is 5.82. The molecule has 1 saturated carbocycles. The number of amides is 2. The van der Waals surface area contributed by atoms with Gasteiger partial charge in [0.1, 0.15) is 12.2 Å². The number of nitrogens with one attached hydrogen (secondary N) is 1. The lowest BCUT2D eigenvalue weighted by molar-refractivity contribution is -0.132. The van der Waals surface area contributed by atoms with Gasteiger partial charge >= 0.3 is 0 Å². The average molecular weight is 383 g/mol. The largest absolute Gasteiger partial charge is 0.352 e. The van der Waals surface area contributed by atoms with Gasteiger partial charge in [-0.05, 0) is 43.9 Å². The molecule has 1 N–H and O–H groups in total. The van der Waals surface area contributed by atoms with Crippen LogP contribution in [0.1, 0.15) is 63.5 Å². The lowest BCUT2D eigenvalue weighted by Gasteiger charge is -2.33. The summed E-state index contributed by atoms with van der Waals surface area (Å²) in [7, 11) is 0. The summed E-state index contributed by atoms with van der Waals surface area (Å²) in [6.45, 7) is 3.78. The first-order valence-corrected chi connectivity index (χ1v) is 10.7. The number of nitrogens with zero attached hydrogens (tertiary/aromatic N) is 3. The van der Waals surface area contributed by atoms with Crippen molar-refractivity contribution < 1.29 is 9.59 Å². The van der Waals surface area contributed by atoms with E-state index in [9.17, 15) is 9.59 Å². The van der Waals surface area contributed by atoms with E-state index in [1.807, 2.05) is 17.9 Å². The fraction of sp³-hybridized carbons (Fsp3) is 0.591. The molecule has 4 rings (SSSR count). The third-order valence-electron chi connectivity index (χ3n) is 6.20. The van der Waals surface area contributed by atoms with Crippen LogP contribution in [0.25, 0.3) is 11.0 Å². The van der Waals surface area contributed by atoms with E-state index in [1.165, 1.54) is 12.8 Å². The van der Waals surface area contributed by atoms with E-state index >= 15 is 0 Å². The zero-order valence-corrected chi connectivity index (χ0v) is 16.7. The molecule has 2 aromatic heterocycles. The van der Waals surface area contributed by atoms with Gasteiger partial charge in [-0.25, -0.2) is 4.98 Å². The van der Waals surface area contributed by atoms with Gasteiger partial charge in [0.25, 0.3) is 0 Å². The second-order valence-electron chi connectivity index (χ2n) is 8.15. The Morgan fingerprint density at radius 1 is 1.21 bits per heavy atom. The van der Waals surface area contributed by atoms with E-state index in [-0.39, 0.29) is 17.7 Å². The van der Waals surface area contributed by atoms with Crippen molar-refractivity contribution in [1.82, 2.24) is 19.8 Å². The fourth-order valence-corrected chi connectivity index (χ4v) is 4.77. The van der Waals surface area contributed by atoms with Crippen molar-refractivity contribution in [3.63, 3.8) is 0 Å². The van der Waals surface area contributed by atoms with Crippen LogP contribution in [0, 0.1) is 0 Å². The number of fused-ring (bicyclic) bond motifs is 1. The third kappa shape index (κ3) is 3.91. The Morgan fingerprint density at radius 3 is 2.82 bits per heavy atom. The van der Waals surface area contributed by atoms with Crippen LogP contribution in [0.15, 0.2) is 24.4 Å². The Kier molecular flexibility index (Phi) is 5.64. The molecule has 0 radical (unpaired) electrons. The van der Waals surface area contributed by atoms with E-state index in [0.717, 1.165) is 55.5 Å². The highest BCUT2D eigenvalue weighted by atomic mass is 16.2. The molecule has 1 saturated heterocycles. The van der Waals surface area contributed by atoms with E-state index in [2.05, 4.69) is 27.0 Å². The smallest absolute Gasteiger partial charge is 0.240 e. The van der Waals surface area contributed by atoms with Crippen molar-refractivity contribution in [3.05, 3.63) is 30.1 Å². The van der Waals surface area contributed by atoms with Crippen LogP contribution in [-0.2, 0) is 16.1 Å². The van der Waals surface area contributed by atoms with Crippen molar-refractivity contribution in [1.29, 1.82) is 0 Å². The number of hydrogen-bond acceptors (Lipinski definition) is 3. The first-order chi connectivity index (χ1) is 13.7. The van der Waals surface area contributed by atoms with E-state index in [1.54, 1.807) is 6.20 Å². The zero-order chi connectivity index (χ0) is 19.5. The van der Waals surface area contributed by atoms with Crippen LogP contribution in [0.2, 0.25) is 0 Å². The molecule has 1 aliphatic carbocycles. The molecule has 3 heterocycles. The molecule has 1 atom stereocenters. The van der Waals surface area contributed by atoms with Gasteiger partial charge in [0.05, 0.1) is 0 Å². The normalized spacial score (nSPS) is 20.6. The molecule has 2 fully saturated rings. The number of carbonyl (C=O) groups is 2. The Hall–Kier alpha value is -2.37. The van der Waals surface area contributed by atoms with Crippen LogP contribution in [0.3, 0.4) is 0 Å². The summed E-state index contributed by atoms with van der Waals surface area (Å²) in [6, 6.07) is 6.46. The average Bonchev–Trinajstić information content (AvgIpc) is 3.35. The van der Waals surface area contributed by atoms with Gasteiger partial charge in [-0.1, -0.05) is 19.8 Å². The molecular weight excluding hydrogens is 352 g/mol. The Labute approximate surface area is 166 Å². The first kappa shape index (κ1) is 19.0. The molecular formula is C22H30N4O2. The summed E-state index contributed by atoms with van der Waals surface area (Å²) >= 11 is 0. The maximum Gasteiger partial charge on any atom is 0.240 e. The molecule has 0 bridgehead atoms. The lowest BCUT2D eigenvalue weighted by atomic mass is 9.94. The van der Waals surface area contributed by atoms with Crippen LogP contribution in [0.5, 0.6) is 0 Å². The summed E-state index contributed by atoms with van der Waals surface area (Å²) in [4.78, 5) is 31.5. The maximum atomic E-state index is 12.7. The second-order valence-corrected chi connectivity index (χ2v) is 8.15. The summed E-state index contributed by atoms with van der Waals surface area (Å²) < 4.78 is 2.07. The number of carbonyl (C=O) groups excluding carboxylic acids is 2. The van der Waals surface area contributed by atoms with Gasteiger partial charge in [-0.2, -0.15) is 0 Å². The van der Waals surface area contributed by atoms with Crippen molar-refractivity contribution in [2.45, 2.75) is 70.4 Å². The van der Waals surface area contributed by atoms with Crippen LogP contribution in [-0.4, -0.2) is 45.4 Å². The monoisotopic (exact) mass is 382 g/mol. The Balaban J connectivity index is 1.59. The molecule has 150 valence electrons. The molecule has 2 aromatic rings. The van der Waals surface area contributed by atoms with Crippen molar-refractivity contribution in [3.8, 4) is 0 Å². The highest BCUT2D eigenvalue weighted by Crippen LogP contribution is 2.31. The van der Waals surface area contributed by atoms with E-state index in [0.29, 0.717) is 19.0 Å². The molecule has 2 amide bonds. The molecule has 1 unspecified atom stereocenters. The topological polar surface area (TPSA) is 67.2 Å². The minimum absolute atomic E-state index is 0.0635. The summed E-state index contributed by atoms with van der Waals surface area (Å²) in [5.41, 5.74) is 1.99. The molecule has 6 heteroatoms. The van der Waals surface area contributed by atoms with Gasteiger partial charge in [-0.15, -0.1) is 0 Å². The van der Waals surface area contributed by atoms with Crippen molar-refractivity contribution >= 4 is 22.8 Å². The quantitative estimate of drug-likeness (QED) is 0.863. The summed E-state index contributed by atoms with van der Waals surface area (Å²) in [6.07, 6.45) is 8.93. The zero-order valence-electron chi connectivity index (χ0n) is 16.7. The van der Waals surface area contributed by atoms with Gasteiger partial charge in [0, 0.05) is 48.7 Å². The predicted octanol–water partition coefficient (Wildman–Crippen LogP) is 3.21. The molecule has 28 heavy (non-hydrogen) atoms. The molecule has 1 aliphatic heterocycles. The van der Waals surface area contributed by atoms with E-state index in [4.69, 9.17) is 0 Å². The lowest BCUT2D eigenvalue weighted by Crippen LogP contribution is -2.40. The van der Waals surface area contributed by atoms with Crippen LogP contribution < -0.4 is 5.32 Å². The molecule has 0 spiro atoms. The molecule has 0 aromatic carbocycles. The first-order valence-electron chi connectivity index (χ1n) is 10.7. The minimum atomic E-state index is 0.0635. The second kappa shape index (κ2) is 8.33. The number of piperidine rings is 1. The standard InChI is InChI=1S/C22H30N4O2/c1-2-21(28)25-12-6-8-17(14-25)19-13-16-7-5-11-23-22(16)26(19)15-20(27)24-18-9-3-4-10-18/h5,7,11,13,17-18H,2-4,6,8-10,12,14-15H2,1H3,(H,24,27).